The normalized spacial score (nSPS) is 10.7. The summed E-state index contributed by atoms with van der Waals surface area (Å²) in [7, 11) is 1.39. The van der Waals surface area contributed by atoms with Gasteiger partial charge >= 0.3 is 5.97 Å². The highest BCUT2D eigenvalue weighted by molar-refractivity contribution is 5.97. The molecule has 3 aromatic rings. The van der Waals surface area contributed by atoms with Crippen LogP contribution in [-0.2, 0) is 29.3 Å². The molecule has 4 nitrogen and oxygen atoms in total. The molecule has 0 heterocycles. The molecule has 0 radical (unpaired) electrons. The molecule has 0 aromatic heterocycles. The van der Waals surface area contributed by atoms with E-state index in [4.69, 9.17) is 9.47 Å². The number of hydrogen-bond donors (Lipinski definition) is 1. The molecule has 0 bridgehead atoms. The third kappa shape index (κ3) is 4.66. The second-order valence-electron chi connectivity index (χ2n) is 6.66. The van der Waals surface area contributed by atoms with E-state index in [0.29, 0.717) is 18.8 Å². The van der Waals surface area contributed by atoms with Crippen LogP contribution < -0.4 is 0 Å². The Labute approximate surface area is 165 Å². The molecule has 144 valence electrons. The van der Waals surface area contributed by atoms with Gasteiger partial charge in [0.1, 0.15) is 0 Å². The van der Waals surface area contributed by atoms with Gasteiger partial charge in [0, 0.05) is 0 Å². The molecule has 0 saturated carbocycles. The molecule has 4 heteroatoms. The van der Waals surface area contributed by atoms with E-state index in [1.54, 1.807) is 6.07 Å². The number of rotatable bonds is 7. The Balaban J connectivity index is 1.81. The molecule has 0 aliphatic carbocycles. The maximum atomic E-state index is 12.2. The van der Waals surface area contributed by atoms with Gasteiger partial charge in [0.25, 0.3) is 0 Å². The van der Waals surface area contributed by atoms with Crippen LogP contribution >= 0.6 is 0 Å². The van der Waals surface area contributed by atoms with E-state index in [2.05, 4.69) is 0 Å². The largest absolute Gasteiger partial charge is 0.465 e. The molecule has 28 heavy (non-hydrogen) atoms. The van der Waals surface area contributed by atoms with Gasteiger partial charge in [-0.15, -0.1) is 0 Å². The number of carbonyl (C=O) groups excluding carboxylic acids is 1. The number of aliphatic hydroxyl groups excluding tert-OH is 1. The van der Waals surface area contributed by atoms with Crippen LogP contribution in [0.25, 0.3) is 11.1 Å². The number of aryl methyl sites for hydroxylation is 1. The van der Waals surface area contributed by atoms with Gasteiger partial charge < -0.3 is 14.6 Å². The molecule has 0 aliphatic rings. The molecular weight excluding hydrogens is 352 g/mol. The van der Waals surface area contributed by atoms with Crippen molar-refractivity contribution < 1.29 is 19.4 Å². The summed E-state index contributed by atoms with van der Waals surface area (Å²) >= 11 is 0. The molecule has 0 atom stereocenters. The van der Waals surface area contributed by atoms with Crippen LogP contribution in [0, 0.1) is 6.92 Å². The summed E-state index contributed by atoms with van der Waals surface area (Å²) < 4.78 is 10.8. The zero-order valence-electron chi connectivity index (χ0n) is 16.1. The van der Waals surface area contributed by atoms with Crippen molar-refractivity contribution in [1.82, 2.24) is 0 Å². The minimum absolute atomic E-state index is 0.0165. The monoisotopic (exact) mass is 376 g/mol. The zero-order valence-corrected chi connectivity index (χ0v) is 16.1. The van der Waals surface area contributed by atoms with E-state index >= 15 is 0 Å². The van der Waals surface area contributed by atoms with Crippen molar-refractivity contribution in [1.29, 1.82) is 0 Å². The summed E-state index contributed by atoms with van der Waals surface area (Å²) in [6.45, 7) is 2.91. The second kappa shape index (κ2) is 9.31. The molecule has 0 aliphatic heterocycles. The lowest BCUT2D eigenvalue weighted by molar-refractivity contribution is 0.0601. The first-order chi connectivity index (χ1) is 13.6. The summed E-state index contributed by atoms with van der Waals surface area (Å²) in [6.07, 6.45) is 0. The van der Waals surface area contributed by atoms with Crippen LogP contribution in [0.3, 0.4) is 0 Å². The van der Waals surface area contributed by atoms with Gasteiger partial charge in [-0.1, -0.05) is 54.6 Å². The Hall–Kier alpha value is -2.95. The van der Waals surface area contributed by atoms with Crippen molar-refractivity contribution in [2.75, 3.05) is 7.11 Å². The molecule has 0 saturated heterocycles. The number of benzene rings is 3. The van der Waals surface area contributed by atoms with Gasteiger partial charge in [-0.25, -0.2) is 4.79 Å². The first kappa shape index (κ1) is 19.8. The lowest BCUT2D eigenvalue weighted by Crippen LogP contribution is -2.05. The third-order valence-electron chi connectivity index (χ3n) is 4.64. The predicted octanol–water partition coefficient (Wildman–Crippen LogP) is 4.66. The van der Waals surface area contributed by atoms with Crippen molar-refractivity contribution in [3.8, 4) is 11.1 Å². The average molecular weight is 376 g/mol. The van der Waals surface area contributed by atoms with E-state index < -0.39 is 0 Å². The first-order valence-corrected chi connectivity index (χ1v) is 9.16. The molecule has 3 aromatic carbocycles. The summed E-state index contributed by atoms with van der Waals surface area (Å²) in [5, 5.41) is 9.24. The second-order valence-corrected chi connectivity index (χ2v) is 6.66. The van der Waals surface area contributed by atoms with E-state index in [9.17, 15) is 9.90 Å². The van der Waals surface area contributed by atoms with Crippen LogP contribution in [-0.4, -0.2) is 18.2 Å². The fourth-order valence-electron chi connectivity index (χ4n) is 3.17. The Kier molecular flexibility index (Phi) is 6.58. The highest BCUT2D eigenvalue weighted by atomic mass is 16.5. The van der Waals surface area contributed by atoms with E-state index in [1.165, 1.54) is 7.11 Å². The van der Waals surface area contributed by atoms with Gasteiger partial charge in [0.05, 0.1) is 32.5 Å². The Morgan fingerprint density at radius 1 is 0.857 bits per heavy atom. The Bertz CT molecular complexity index is 962. The summed E-state index contributed by atoms with van der Waals surface area (Å²) in [4.78, 5) is 12.2. The number of hydrogen-bond acceptors (Lipinski definition) is 4. The van der Waals surface area contributed by atoms with Crippen LogP contribution in [0.5, 0.6) is 0 Å². The van der Waals surface area contributed by atoms with Crippen LogP contribution in [0.4, 0.5) is 0 Å². The fourth-order valence-corrected chi connectivity index (χ4v) is 3.17. The predicted molar refractivity (Wildman–Crippen MR) is 109 cm³/mol. The maximum Gasteiger partial charge on any atom is 0.338 e. The number of methoxy groups -OCH3 is 1. The van der Waals surface area contributed by atoms with E-state index in [0.717, 1.165) is 33.4 Å². The van der Waals surface area contributed by atoms with Crippen LogP contribution in [0.1, 0.15) is 32.6 Å². The summed E-state index contributed by atoms with van der Waals surface area (Å²) in [6, 6.07) is 21.3. The van der Waals surface area contributed by atoms with Gasteiger partial charge in [-0.2, -0.15) is 0 Å². The van der Waals surface area contributed by atoms with Crippen LogP contribution in [0.2, 0.25) is 0 Å². The fraction of sp³-hybridized carbons (Fsp3) is 0.208. The molecule has 0 fully saturated rings. The smallest absolute Gasteiger partial charge is 0.338 e. The Morgan fingerprint density at radius 3 is 2.29 bits per heavy atom. The number of aliphatic hydroxyl groups is 1. The molecule has 0 unspecified atom stereocenters. The first-order valence-electron chi connectivity index (χ1n) is 9.16. The van der Waals surface area contributed by atoms with Gasteiger partial charge in [0.15, 0.2) is 0 Å². The lowest BCUT2D eigenvalue weighted by atomic mass is 9.94. The van der Waals surface area contributed by atoms with E-state index in [-0.39, 0.29) is 12.6 Å². The van der Waals surface area contributed by atoms with E-state index in [1.807, 2.05) is 67.6 Å². The van der Waals surface area contributed by atoms with Crippen molar-refractivity contribution >= 4 is 5.97 Å². The molecule has 0 spiro atoms. The highest BCUT2D eigenvalue weighted by Crippen LogP contribution is 2.29. The van der Waals surface area contributed by atoms with Crippen molar-refractivity contribution in [3.05, 3.63) is 94.5 Å². The van der Waals surface area contributed by atoms with Gasteiger partial charge in [-0.05, 0) is 52.4 Å². The average Bonchev–Trinajstić information content (AvgIpc) is 2.73. The van der Waals surface area contributed by atoms with Gasteiger partial charge in [0.2, 0.25) is 0 Å². The number of carbonyl (C=O) groups is 1. The molecular formula is C24H24O4. The van der Waals surface area contributed by atoms with Gasteiger partial charge in [-0.3, -0.25) is 0 Å². The SMILES string of the molecule is COC(=O)c1ccc(COCc2cccc(CO)c2)cc1-c1ccccc1C. The molecule has 1 N–H and O–H groups in total. The van der Waals surface area contributed by atoms with Crippen molar-refractivity contribution in [3.63, 3.8) is 0 Å². The number of ether oxygens (including phenoxy) is 2. The van der Waals surface area contributed by atoms with Crippen molar-refractivity contribution in [2.45, 2.75) is 26.7 Å². The van der Waals surface area contributed by atoms with Crippen LogP contribution in [0.15, 0.2) is 66.7 Å². The third-order valence-corrected chi connectivity index (χ3v) is 4.64. The highest BCUT2D eigenvalue weighted by Gasteiger charge is 2.15. The molecule has 0 amide bonds. The topological polar surface area (TPSA) is 55.8 Å². The maximum absolute atomic E-state index is 12.2. The summed E-state index contributed by atoms with van der Waals surface area (Å²) in [5.41, 5.74) is 6.32. The summed E-state index contributed by atoms with van der Waals surface area (Å²) in [5.74, 6) is -0.355. The standard InChI is InChI=1S/C24H24O4/c1-17-6-3-4-9-21(17)23-13-20(10-11-22(23)24(26)27-2)16-28-15-19-8-5-7-18(12-19)14-25/h3-13,25H,14-16H2,1-2H3. The molecule has 3 rings (SSSR count). The Morgan fingerprint density at radius 2 is 1.57 bits per heavy atom. The minimum atomic E-state index is -0.355. The minimum Gasteiger partial charge on any atom is -0.465 e. The lowest BCUT2D eigenvalue weighted by Gasteiger charge is -2.13. The quantitative estimate of drug-likeness (QED) is 0.610. The van der Waals surface area contributed by atoms with Crippen molar-refractivity contribution in [2.24, 2.45) is 0 Å². The number of esters is 1. The zero-order chi connectivity index (χ0) is 19.9.